The molecule has 0 aliphatic carbocycles. The molecule has 0 aliphatic heterocycles. The summed E-state index contributed by atoms with van der Waals surface area (Å²) in [6.07, 6.45) is 39.2. The predicted molar refractivity (Wildman–Crippen MR) is 172 cm³/mol. The Hall–Kier alpha value is -1.58. The number of carboxylic acid groups (broad SMARTS) is 1. The van der Waals surface area contributed by atoms with Crippen LogP contribution in [0.25, 0.3) is 0 Å². The van der Waals surface area contributed by atoms with Crippen LogP contribution in [0.1, 0.15) is 187 Å². The fourth-order valence-electron chi connectivity index (χ4n) is 5.06. The molecule has 0 spiro atoms. The quantitative estimate of drug-likeness (QED) is 0.0518. The van der Waals surface area contributed by atoms with Crippen molar-refractivity contribution in [3.8, 4) is 0 Å². The van der Waals surface area contributed by atoms with E-state index in [1.807, 2.05) is 6.08 Å². The standard InChI is InChI=1S/C36H66O4/c1-3-5-7-9-11-12-13-14-15-16-17-18-19-21-23-29-33-36(39)40-34(30-26-22-20-10-8-6-4-2)31-27-24-25-28-32-35(37)38/h10,20,26,30,34H,3-9,11-19,21-25,27-29,31-33H2,1-2H3,(H,37,38)/b20-10-,30-26-. The fourth-order valence-corrected chi connectivity index (χ4v) is 5.06. The van der Waals surface area contributed by atoms with Crippen molar-refractivity contribution in [2.75, 3.05) is 0 Å². The van der Waals surface area contributed by atoms with Gasteiger partial charge in [-0.05, 0) is 44.6 Å². The van der Waals surface area contributed by atoms with Gasteiger partial charge in [0.05, 0.1) is 0 Å². The van der Waals surface area contributed by atoms with E-state index in [4.69, 9.17) is 9.84 Å². The Morgan fingerprint density at radius 1 is 0.575 bits per heavy atom. The van der Waals surface area contributed by atoms with Crippen LogP contribution >= 0.6 is 0 Å². The molecular formula is C36H66O4. The van der Waals surface area contributed by atoms with Gasteiger partial charge in [0.1, 0.15) is 6.10 Å². The molecule has 0 saturated heterocycles. The summed E-state index contributed by atoms with van der Waals surface area (Å²) in [6, 6.07) is 0. The number of aliphatic carboxylic acids is 1. The molecule has 0 amide bonds. The van der Waals surface area contributed by atoms with Gasteiger partial charge in [0.2, 0.25) is 0 Å². The van der Waals surface area contributed by atoms with Crippen molar-refractivity contribution in [2.45, 2.75) is 193 Å². The third-order valence-corrected chi connectivity index (χ3v) is 7.66. The minimum Gasteiger partial charge on any atom is -0.481 e. The molecule has 0 bridgehead atoms. The van der Waals surface area contributed by atoms with Crippen molar-refractivity contribution in [2.24, 2.45) is 0 Å². The second-order valence-electron chi connectivity index (χ2n) is 11.7. The number of ether oxygens (including phenoxy) is 1. The van der Waals surface area contributed by atoms with Crippen LogP contribution in [-0.2, 0) is 14.3 Å². The first-order valence-corrected chi connectivity index (χ1v) is 17.3. The van der Waals surface area contributed by atoms with Gasteiger partial charge in [0.15, 0.2) is 0 Å². The van der Waals surface area contributed by atoms with Gasteiger partial charge in [0.25, 0.3) is 0 Å². The average Bonchev–Trinajstić information content (AvgIpc) is 2.93. The Bertz CT molecular complexity index is 610. The molecule has 0 fully saturated rings. The molecule has 4 heteroatoms. The summed E-state index contributed by atoms with van der Waals surface area (Å²) in [6.45, 7) is 4.48. The van der Waals surface area contributed by atoms with Gasteiger partial charge in [-0.2, -0.15) is 0 Å². The van der Waals surface area contributed by atoms with Crippen LogP contribution in [0.2, 0.25) is 0 Å². The number of unbranched alkanes of at least 4 members (excludes halogenated alkanes) is 20. The number of hydrogen-bond acceptors (Lipinski definition) is 3. The van der Waals surface area contributed by atoms with E-state index < -0.39 is 5.97 Å². The van der Waals surface area contributed by atoms with Crippen LogP contribution in [0, 0.1) is 0 Å². The van der Waals surface area contributed by atoms with E-state index in [1.165, 1.54) is 103 Å². The third-order valence-electron chi connectivity index (χ3n) is 7.66. The van der Waals surface area contributed by atoms with Crippen molar-refractivity contribution in [1.82, 2.24) is 0 Å². The summed E-state index contributed by atoms with van der Waals surface area (Å²) in [5.74, 6) is -0.805. The zero-order valence-electron chi connectivity index (χ0n) is 26.7. The van der Waals surface area contributed by atoms with E-state index in [0.29, 0.717) is 6.42 Å². The molecule has 0 saturated carbocycles. The molecule has 0 aromatic carbocycles. The van der Waals surface area contributed by atoms with E-state index in [-0.39, 0.29) is 18.5 Å². The number of rotatable bonds is 31. The van der Waals surface area contributed by atoms with Crippen LogP contribution in [0.3, 0.4) is 0 Å². The SMILES string of the molecule is CCCC/C=C\C/C=C\C(CCCCCCC(=O)O)OC(=O)CCCCCCCCCCCCCCCCCC. The second-order valence-corrected chi connectivity index (χ2v) is 11.7. The van der Waals surface area contributed by atoms with Gasteiger partial charge in [-0.15, -0.1) is 0 Å². The highest BCUT2D eigenvalue weighted by Gasteiger charge is 2.11. The Labute approximate surface area is 248 Å². The van der Waals surface area contributed by atoms with Gasteiger partial charge in [-0.25, -0.2) is 0 Å². The van der Waals surface area contributed by atoms with Gasteiger partial charge in [-0.1, -0.05) is 154 Å². The van der Waals surface area contributed by atoms with Crippen LogP contribution in [0.15, 0.2) is 24.3 Å². The Balaban J connectivity index is 3.93. The first kappa shape index (κ1) is 38.4. The normalized spacial score (nSPS) is 12.4. The molecule has 0 heterocycles. The largest absolute Gasteiger partial charge is 0.481 e. The molecule has 1 atom stereocenters. The number of esters is 1. The van der Waals surface area contributed by atoms with Crippen LogP contribution in [0.5, 0.6) is 0 Å². The van der Waals surface area contributed by atoms with E-state index >= 15 is 0 Å². The molecular weight excluding hydrogens is 496 g/mol. The summed E-state index contributed by atoms with van der Waals surface area (Å²) in [5, 5.41) is 8.78. The minimum absolute atomic E-state index is 0.0793. The van der Waals surface area contributed by atoms with Crippen LogP contribution in [-0.4, -0.2) is 23.1 Å². The summed E-state index contributed by atoms with van der Waals surface area (Å²) < 4.78 is 5.82. The van der Waals surface area contributed by atoms with Crippen molar-refractivity contribution in [3.05, 3.63) is 24.3 Å². The first-order chi connectivity index (χ1) is 19.6. The highest BCUT2D eigenvalue weighted by molar-refractivity contribution is 5.69. The highest BCUT2D eigenvalue weighted by Crippen LogP contribution is 2.16. The molecule has 0 rings (SSSR count). The number of allylic oxidation sites excluding steroid dienone is 3. The van der Waals surface area contributed by atoms with Crippen molar-refractivity contribution >= 4 is 11.9 Å². The lowest BCUT2D eigenvalue weighted by atomic mass is 10.0. The lowest BCUT2D eigenvalue weighted by Crippen LogP contribution is -2.16. The number of carboxylic acids is 1. The Kier molecular flexibility index (Phi) is 30.7. The van der Waals surface area contributed by atoms with Gasteiger partial charge < -0.3 is 9.84 Å². The van der Waals surface area contributed by atoms with E-state index in [0.717, 1.165) is 57.8 Å². The van der Waals surface area contributed by atoms with Crippen molar-refractivity contribution in [1.29, 1.82) is 0 Å². The zero-order chi connectivity index (χ0) is 29.4. The summed E-state index contributed by atoms with van der Waals surface area (Å²) in [7, 11) is 0. The molecule has 40 heavy (non-hydrogen) atoms. The molecule has 0 aliphatic rings. The Morgan fingerprint density at radius 3 is 1.57 bits per heavy atom. The minimum atomic E-state index is -0.726. The average molecular weight is 563 g/mol. The molecule has 4 nitrogen and oxygen atoms in total. The fraction of sp³-hybridized carbons (Fsp3) is 0.833. The maximum atomic E-state index is 12.5. The Morgan fingerprint density at radius 2 is 1.05 bits per heavy atom. The topological polar surface area (TPSA) is 63.6 Å². The lowest BCUT2D eigenvalue weighted by Gasteiger charge is -2.14. The number of carbonyl (C=O) groups excluding carboxylic acids is 1. The molecule has 1 unspecified atom stereocenters. The summed E-state index contributed by atoms with van der Waals surface area (Å²) >= 11 is 0. The van der Waals surface area contributed by atoms with E-state index in [2.05, 4.69) is 32.1 Å². The number of hydrogen-bond donors (Lipinski definition) is 1. The monoisotopic (exact) mass is 562 g/mol. The molecule has 0 radical (unpaired) electrons. The smallest absolute Gasteiger partial charge is 0.306 e. The zero-order valence-corrected chi connectivity index (χ0v) is 26.7. The predicted octanol–water partition coefficient (Wildman–Crippen LogP) is 11.7. The molecule has 0 aromatic heterocycles. The summed E-state index contributed by atoms with van der Waals surface area (Å²) in [4.78, 5) is 23.2. The van der Waals surface area contributed by atoms with Crippen LogP contribution in [0.4, 0.5) is 0 Å². The number of carbonyl (C=O) groups is 2. The van der Waals surface area contributed by atoms with Crippen molar-refractivity contribution < 1.29 is 19.4 Å². The molecule has 234 valence electrons. The first-order valence-electron chi connectivity index (χ1n) is 17.3. The maximum absolute atomic E-state index is 12.5. The van der Waals surface area contributed by atoms with Crippen LogP contribution < -0.4 is 0 Å². The van der Waals surface area contributed by atoms with Gasteiger partial charge >= 0.3 is 11.9 Å². The van der Waals surface area contributed by atoms with E-state index in [9.17, 15) is 9.59 Å². The van der Waals surface area contributed by atoms with Gasteiger partial charge in [-0.3, -0.25) is 9.59 Å². The molecule has 1 N–H and O–H groups in total. The van der Waals surface area contributed by atoms with Crippen molar-refractivity contribution in [3.63, 3.8) is 0 Å². The second kappa shape index (κ2) is 31.9. The molecule has 0 aromatic rings. The lowest BCUT2D eigenvalue weighted by molar-refractivity contribution is -0.147. The van der Waals surface area contributed by atoms with E-state index in [1.54, 1.807) is 0 Å². The third kappa shape index (κ3) is 31.0. The summed E-state index contributed by atoms with van der Waals surface area (Å²) in [5.41, 5.74) is 0. The maximum Gasteiger partial charge on any atom is 0.306 e. The highest BCUT2D eigenvalue weighted by atomic mass is 16.5. The van der Waals surface area contributed by atoms with Gasteiger partial charge in [0, 0.05) is 12.8 Å².